The third-order valence-electron chi connectivity index (χ3n) is 5.31. The number of carbonyl (C=O) groups is 2. The van der Waals surface area contributed by atoms with Gasteiger partial charge in [-0.3, -0.25) is 9.59 Å². The average Bonchev–Trinajstić information content (AvgIpc) is 2.78. The molecule has 1 saturated heterocycles. The normalized spacial score (nSPS) is 14.2. The summed E-state index contributed by atoms with van der Waals surface area (Å²) in [5.74, 6) is 1.17. The van der Waals surface area contributed by atoms with Crippen molar-refractivity contribution in [1.29, 1.82) is 0 Å². The van der Waals surface area contributed by atoms with Gasteiger partial charge in [-0.05, 0) is 44.0 Å². The second kappa shape index (κ2) is 9.52. The van der Waals surface area contributed by atoms with Gasteiger partial charge in [-0.15, -0.1) is 0 Å². The third-order valence-corrected chi connectivity index (χ3v) is 5.31. The number of methoxy groups -OCH3 is 3. The first-order chi connectivity index (χ1) is 14.5. The second-order valence-electron chi connectivity index (χ2n) is 7.32. The average molecular weight is 412 g/mol. The fourth-order valence-electron chi connectivity index (χ4n) is 3.67. The predicted molar refractivity (Wildman–Crippen MR) is 114 cm³/mol. The first-order valence-electron chi connectivity index (χ1n) is 9.93. The molecule has 0 saturated carbocycles. The van der Waals surface area contributed by atoms with E-state index in [1.165, 1.54) is 21.3 Å². The van der Waals surface area contributed by atoms with Crippen LogP contribution in [0.15, 0.2) is 36.4 Å². The molecule has 1 aliphatic rings. The van der Waals surface area contributed by atoms with Gasteiger partial charge in [0.1, 0.15) is 0 Å². The minimum absolute atomic E-state index is 0.0435. The molecule has 1 heterocycles. The van der Waals surface area contributed by atoms with Crippen LogP contribution in [-0.4, -0.2) is 57.2 Å². The molecule has 3 rings (SSSR count). The first-order valence-corrected chi connectivity index (χ1v) is 9.93. The largest absolute Gasteiger partial charge is 0.493 e. The standard InChI is InChI=1S/C23H28N2O5/c1-15-6-5-7-16(12-15)22(26)24-18-8-10-25(11-9-18)23(27)17-13-19(28-2)21(30-4)20(14-17)29-3/h5-7,12-14,18H,8-11H2,1-4H3,(H,24,26). The molecule has 0 aliphatic carbocycles. The van der Waals surface area contributed by atoms with Crippen LogP contribution >= 0.6 is 0 Å². The molecule has 0 aromatic heterocycles. The fraction of sp³-hybridized carbons (Fsp3) is 0.391. The number of rotatable bonds is 6. The van der Waals surface area contributed by atoms with E-state index in [1.54, 1.807) is 17.0 Å². The summed E-state index contributed by atoms with van der Waals surface area (Å²) in [6, 6.07) is 10.9. The second-order valence-corrected chi connectivity index (χ2v) is 7.32. The van der Waals surface area contributed by atoms with E-state index in [0.29, 0.717) is 54.3 Å². The van der Waals surface area contributed by atoms with E-state index in [-0.39, 0.29) is 17.9 Å². The SMILES string of the molecule is COc1cc(C(=O)N2CCC(NC(=O)c3cccc(C)c3)CC2)cc(OC)c1OC. The van der Waals surface area contributed by atoms with Crippen LogP contribution in [-0.2, 0) is 0 Å². The number of piperidine rings is 1. The Morgan fingerprint density at radius 2 is 1.57 bits per heavy atom. The van der Waals surface area contributed by atoms with Crippen LogP contribution in [0, 0.1) is 6.92 Å². The number of ether oxygens (including phenoxy) is 3. The summed E-state index contributed by atoms with van der Waals surface area (Å²) >= 11 is 0. The number of benzene rings is 2. The maximum atomic E-state index is 13.0. The lowest BCUT2D eigenvalue weighted by Crippen LogP contribution is -2.46. The van der Waals surface area contributed by atoms with Crippen molar-refractivity contribution < 1.29 is 23.8 Å². The Bertz CT molecular complexity index is 895. The first kappa shape index (κ1) is 21.5. The van der Waals surface area contributed by atoms with E-state index < -0.39 is 0 Å². The van der Waals surface area contributed by atoms with Crippen molar-refractivity contribution in [1.82, 2.24) is 10.2 Å². The van der Waals surface area contributed by atoms with E-state index in [2.05, 4.69) is 5.32 Å². The smallest absolute Gasteiger partial charge is 0.254 e. The van der Waals surface area contributed by atoms with Gasteiger partial charge in [0, 0.05) is 30.3 Å². The highest BCUT2D eigenvalue weighted by Gasteiger charge is 2.26. The van der Waals surface area contributed by atoms with Crippen LogP contribution < -0.4 is 19.5 Å². The molecule has 30 heavy (non-hydrogen) atoms. The zero-order valence-corrected chi connectivity index (χ0v) is 17.9. The monoisotopic (exact) mass is 412 g/mol. The highest BCUT2D eigenvalue weighted by molar-refractivity contribution is 5.96. The van der Waals surface area contributed by atoms with Crippen molar-refractivity contribution in [2.45, 2.75) is 25.8 Å². The summed E-state index contributed by atoms with van der Waals surface area (Å²) in [6.07, 6.45) is 1.40. The Labute approximate surface area is 176 Å². The van der Waals surface area contributed by atoms with Crippen LogP contribution in [0.1, 0.15) is 39.1 Å². The molecule has 1 aliphatic heterocycles. The number of nitrogens with one attached hydrogen (secondary N) is 1. The van der Waals surface area contributed by atoms with Crippen molar-refractivity contribution >= 4 is 11.8 Å². The van der Waals surface area contributed by atoms with E-state index in [0.717, 1.165) is 5.56 Å². The zero-order chi connectivity index (χ0) is 21.7. The van der Waals surface area contributed by atoms with Gasteiger partial charge in [0.25, 0.3) is 11.8 Å². The van der Waals surface area contributed by atoms with Gasteiger partial charge in [0.2, 0.25) is 5.75 Å². The zero-order valence-electron chi connectivity index (χ0n) is 17.9. The van der Waals surface area contributed by atoms with Crippen LogP contribution in [0.2, 0.25) is 0 Å². The molecular formula is C23H28N2O5. The summed E-state index contributed by atoms with van der Waals surface area (Å²) in [7, 11) is 4.57. The number of likely N-dealkylation sites (tertiary alicyclic amines) is 1. The van der Waals surface area contributed by atoms with Gasteiger partial charge in [-0.1, -0.05) is 17.7 Å². The number of amides is 2. The van der Waals surface area contributed by atoms with Crippen molar-refractivity contribution in [2.75, 3.05) is 34.4 Å². The molecule has 0 radical (unpaired) electrons. The molecule has 1 N–H and O–H groups in total. The minimum atomic E-state index is -0.0993. The minimum Gasteiger partial charge on any atom is -0.493 e. The number of carbonyl (C=O) groups excluding carboxylic acids is 2. The van der Waals surface area contributed by atoms with E-state index in [4.69, 9.17) is 14.2 Å². The third kappa shape index (κ3) is 4.67. The highest BCUT2D eigenvalue weighted by Crippen LogP contribution is 2.38. The summed E-state index contributed by atoms with van der Waals surface area (Å²) < 4.78 is 16.0. The van der Waals surface area contributed by atoms with Gasteiger partial charge in [0.05, 0.1) is 21.3 Å². The molecule has 0 spiro atoms. The molecule has 160 valence electrons. The quantitative estimate of drug-likeness (QED) is 0.789. The van der Waals surface area contributed by atoms with E-state index in [1.807, 2.05) is 31.2 Å². The molecule has 0 unspecified atom stereocenters. The Hall–Kier alpha value is -3.22. The van der Waals surface area contributed by atoms with E-state index in [9.17, 15) is 9.59 Å². The van der Waals surface area contributed by atoms with Crippen molar-refractivity contribution in [3.63, 3.8) is 0 Å². The molecule has 7 heteroatoms. The van der Waals surface area contributed by atoms with Gasteiger partial charge < -0.3 is 24.4 Å². The topological polar surface area (TPSA) is 77.1 Å². The van der Waals surface area contributed by atoms with Gasteiger partial charge in [-0.2, -0.15) is 0 Å². The summed E-state index contributed by atoms with van der Waals surface area (Å²) in [4.78, 5) is 27.3. The maximum Gasteiger partial charge on any atom is 0.254 e. The van der Waals surface area contributed by atoms with E-state index >= 15 is 0 Å². The maximum absolute atomic E-state index is 13.0. The van der Waals surface area contributed by atoms with Gasteiger partial charge in [-0.25, -0.2) is 0 Å². The van der Waals surface area contributed by atoms with Crippen LogP contribution in [0.5, 0.6) is 17.2 Å². The summed E-state index contributed by atoms with van der Waals surface area (Å²) in [5, 5.41) is 3.08. The van der Waals surface area contributed by atoms with Gasteiger partial charge in [0.15, 0.2) is 11.5 Å². The molecular weight excluding hydrogens is 384 g/mol. The highest BCUT2D eigenvalue weighted by atomic mass is 16.5. The van der Waals surface area contributed by atoms with Crippen LogP contribution in [0.3, 0.4) is 0 Å². The Morgan fingerprint density at radius 3 is 2.10 bits per heavy atom. The van der Waals surface area contributed by atoms with Crippen LogP contribution in [0.25, 0.3) is 0 Å². The molecule has 0 atom stereocenters. The van der Waals surface area contributed by atoms with Crippen molar-refractivity contribution in [3.05, 3.63) is 53.1 Å². The van der Waals surface area contributed by atoms with Crippen molar-refractivity contribution in [3.8, 4) is 17.2 Å². The van der Waals surface area contributed by atoms with Crippen LogP contribution in [0.4, 0.5) is 0 Å². The number of hydrogen-bond donors (Lipinski definition) is 1. The number of aryl methyl sites for hydroxylation is 1. The van der Waals surface area contributed by atoms with Crippen molar-refractivity contribution in [2.24, 2.45) is 0 Å². The summed E-state index contributed by atoms with van der Waals surface area (Å²) in [5.41, 5.74) is 2.19. The molecule has 2 aromatic rings. The predicted octanol–water partition coefficient (Wildman–Crippen LogP) is 3.06. The lowest BCUT2D eigenvalue weighted by molar-refractivity contribution is 0.0697. The lowest BCUT2D eigenvalue weighted by atomic mass is 10.0. The molecule has 2 aromatic carbocycles. The Balaban J connectivity index is 1.63. The Morgan fingerprint density at radius 1 is 0.933 bits per heavy atom. The number of hydrogen-bond acceptors (Lipinski definition) is 5. The summed E-state index contributed by atoms with van der Waals surface area (Å²) in [6.45, 7) is 3.09. The number of nitrogens with zero attached hydrogens (tertiary/aromatic N) is 1. The molecule has 2 amide bonds. The fourth-order valence-corrected chi connectivity index (χ4v) is 3.67. The van der Waals surface area contributed by atoms with Gasteiger partial charge >= 0.3 is 0 Å². The molecule has 7 nitrogen and oxygen atoms in total. The lowest BCUT2D eigenvalue weighted by Gasteiger charge is -2.32. The molecule has 0 bridgehead atoms. The molecule has 1 fully saturated rings. The Kier molecular flexibility index (Phi) is 6.82.